The molecule has 0 bridgehead atoms. The predicted octanol–water partition coefficient (Wildman–Crippen LogP) is 2.42. The maximum Gasteiger partial charge on any atom is 0.274 e. The molecule has 7 heteroatoms. The highest BCUT2D eigenvalue weighted by molar-refractivity contribution is 7.11. The lowest BCUT2D eigenvalue weighted by Crippen LogP contribution is -2.27. The smallest absolute Gasteiger partial charge is 0.274 e. The maximum atomic E-state index is 12.2. The van der Waals surface area contributed by atoms with Gasteiger partial charge in [-0.2, -0.15) is 0 Å². The second-order valence-electron chi connectivity index (χ2n) is 5.04. The van der Waals surface area contributed by atoms with Crippen LogP contribution in [0, 0.1) is 13.8 Å². The summed E-state index contributed by atoms with van der Waals surface area (Å²) in [5.41, 5.74) is 1.16. The molecule has 0 saturated heterocycles. The van der Waals surface area contributed by atoms with Crippen LogP contribution in [-0.4, -0.2) is 25.9 Å². The molecule has 2 rings (SSSR count). The highest BCUT2D eigenvalue weighted by Crippen LogP contribution is 2.20. The Hall–Kier alpha value is -1.76. The van der Waals surface area contributed by atoms with Crippen LogP contribution in [0.2, 0.25) is 0 Å². The van der Waals surface area contributed by atoms with Crippen LogP contribution in [0.25, 0.3) is 0 Å². The van der Waals surface area contributed by atoms with Crippen molar-refractivity contribution >= 4 is 17.2 Å². The number of hydrogen-bond acceptors (Lipinski definition) is 5. The van der Waals surface area contributed by atoms with E-state index in [9.17, 15) is 4.79 Å². The lowest BCUT2D eigenvalue weighted by molar-refractivity contribution is 0.0934. The zero-order chi connectivity index (χ0) is 14.9. The van der Waals surface area contributed by atoms with Crippen LogP contribution in [0.1, 0.15) is 58.9 Å². The van der Waals surface area contributed by atoms with Crippen LogP contribution in [0.5, 0.6) is 0 Å². The first-order valence-corrected chi connectivity index (χ1v) is 7.36. The Morgan fingerprint density at radius 3 is 2.55 bits per heavy atom. The van der Waals surface area contributed by atoms with Gasteiger partial charge in [0.15, 0.2) is 5.69 Å². The van der Waals surface area contributed by atoms with E-state index in [0.717, 1.165) is 15.6 Å². The van der Waals surface area contributed by atoms with Crippen LogP contribution in [0.4, 0.5) is 0 Å². The molecule has 0 radical (unpaired) electrons. The van der Waals surface area contributed by atoms with E-state index in [2.05, 4.69) is 20.6 Å². The van der Waals surface area contributed by atoms with E-state index >= 15 is 0 Å². The quantitative estimate of drug-likeness (QED) is 0.939. The van der Waals surface area contributed by atoms with Gasteiger partial charge in [-0.05, 0) is 34.6 Å². The lowest BCUT2D eigenvalue weighted by Gasteiger charge is -2.11. The van der Waals surface area contributed by atoms with Crippen molar-refractivity contribution in [3.05, 3.63) is 27.5 Å². The molecule has 0 aliphatic carbocycles. The highest BCUT2D eigenvalue weighted by atomic mass is 32.1. The Balaban J connectivity index is 2.12. The number of nitrogens with one attached hydrogen (secondary N) is 1. The summed E-state index contributed by atoms with van der Waals surface area (Å²) in [6.07, 6.45) is 1.79. The molecule has 1 amide bonds. The molecule has 0 aliphatic rings. The van der Waals surface area contributed by atoms with Crippen molar-refractivity contribution in [2.75, 3.05) is 0 Å². The molecular formula is C13H19N5OS. The van der Waals surface area contributed by atoms with Crippen molar-refractivity contribution in [3.63, 3.8) is 0 Å². The average Bonchev–Trinajstić information content (AvgIpc) is 2.95. The summed E-state index contributed by atoms with van der Waals surface area (Å²) in [5.74, 6) is -0.201. The maximum absolute atomic E-state index is 12.2. The van der Waals surface area contributed by atoms with Gasteiger partial charge in [0.05, 0.1) is 16.7 Å². The number of rotatable bonds is 4. The molecule has 6 nitrogen and oxygen atoms in total. The first-order chi connectivity index (χ1) is 9.40. The summed E-state index contributed by atoms with van der Waals surface area (Å²) in [5, 5.41) is 11.9. The Labute approximate surface area is 122 Å². The Morgan fingerprint density at radius 2 is 2.05 bits per heavy atom. The van der Waals surface area contributed by atoms with Crippen molar-refractivity contribution in [3.8, 4) is 0 Å². The summed E-state index contributed by atoms with van der Waals surface area (Å²) in [6.45, 7) is 9.75. The molecule has 1 N–H and O–H groups in total. The molecule has 108 valence electrons. The Kier molecular flexibility index (Phi) is 4.17. The summed E-state index contributed by atoms with van der Waals surface area (Å²) in [6, 6.07) is 0.0999. The van der Waals surface area contributed by atoms with Crippen LogP contribution in [0.15, 0.2) is 6.20 Å². The number of hydrogen-bond donors (Lipinski definition) is 1. The number of thiazole rings is 1. The largest absolute Gasteiger partial charge is 0.343 e. The van der Waals surface area contributed by atoms with E-state index in [1.165, 1.54) is 0 Å². The molecule has 2 aromatic heterocycles. The number of carbonyl (C=O) groups is 1. The minimum Gasteiger partial charge on any atom is -0.343 e. The number of nitrogens with zero attached hydrogens (tertiary/aromatic N) is 4. The van der Waals surface area contributed by atoms with Crippen molar-refractivity contribution < 1.29 is 4.79 Å². The first-order valence-electron chi connectivity index (χ1n) is 6.55. The number of amides is 1. The molecule has 0 saturated carbocycles. The van der Waals surface area contributed by atoms with E-state index in [-0.39, 0.29) is 18.0 Å². The minimum absolute atomic E-state index is 0.0858. The number of aryl methyl sites for hydroxylation is 1. The van der Waals surface area contributed by atoms with Gasteiger partial charge in [-0.3, -0.25) is 4.79 Å². The predicted molar refractivity (Wildman–Crippen MR) is 77.9 cm³/mol. The fraction of sp³-hybridized carbons (Fsp3) is 0.538. The third-order valence-electron chi connectivity index (χ3n) is 3.05. The fourth-order valence-electron chi connectivity index (χ4n) is 1.96. The van der Waals surface area contributed by atoms with Gasteiger partial charge in [0, 0.05) is 17.1 Å². The van der Waals surface area contributed by atoms with Gasteiger partial charge >= 0.3 is 0 Å². The zero-order valence-corrected chi connectivity index (χ0v) is 13.2. The molecule has 20 heavy (non-hydrogen) atoms. The number of carbonyl (C=O) groups excluding carboxylic acids is 1. The fourth-order valence-corrected chi connectivity index (χ4v) is 2.74. The Bertz CT molecular complexity index is 616. The molecular weight excluding hydrogens is 274 g/mol. The van der Waals surface area contributed by atoms with Crippen molar-refractivity contribution in [1.29, 1.82) is 0 Å². The average molecular weight is 293 g/mol. The van der Waals surface area contributed by atoms with Gasteiger partial charge in [0.1, 0.15) is 0 Å². The van der Waals surface area contributed by atoms with Crippen LogP contribution in [0.3, 0.4) is 0 Å². The van der Waals surface area contributed by atoms with Gasteiger partial charge in [0.25, 0.3) is 5.91 Å². The topological polar surface area (TPSA) is 72.7 Å². The second-order valence-corrected chi connectivity index (χ2v) is 6.30. The second kappa shape index (κ2) is 5.70. The third kappa shape index (κ3) is 2.87. The van der Waals surface area contributed by atoms with Crippen molar-refractivity contribution in [1.82, 2.24) is 25.3 Å². The molecule has 1 atom stereocenters. The van der Waals surface area contributed by atoms with Crippen molar-refractivity contribution in [2.24, 2.45) is 0 Å². The summed E-state index contributed by atoms with van der Waals surface area (Å²) in [4.78, 5) is 17.5. The molecule has 2 heterocycles. The SMILES string of the molecule is Cc1ncc(C(C)NC(=O)c2nnn(C(C)C)c2C)s1. The third-order valence-corrected chi connectivity index (χ3v) is 4.14. The molecule has 0 aromatic carbocycles. The molecule has 0 fully saturated rings. The lowest BCUT2D eigenvalue weighted by atomic mass is 10.2. The van der Waals surface area contributed by atoms with Crippen LogP contribution < -0.4 is 5.32 Å². The number of aromatic nitrogens is 4. The summed E-state index contributed by atoms with van der Waals surface area (Å²) < 4.78 is 1.75. The van der Waals surface area contributed by atoms with Gasteiger partial charge in [-0.15, -0.1) is 16.4 Å². The minimum atomic E-state index is -0.201. The van der Waals surface area contributed by atoms with Gasteiger partial charge < -0.3 is 5.32 Å². The van der Waals surface area contributed by atoms with E-state index in [0.29, 0.717) is 5.69 Å². The Morgan fingerprint density at radius 1 is 1.35 bits per heavy atom. The zero-order valence-electron chi connectivity index (χ0n) is 12.3. The normalized spacial score (nSPS) is 12.7. The van der Waals surface area contributed by atoms with E-state index in [4.69, 9.17) is 0 Å². The highest BCUT2D eigenvalue weighted by Gasteiger charge is 2.20. The van der Waals surface area contributed by atoms with Gasteiger partial charge in [-0.25, -0.2) is 9.67 Å². The van der Waals surface area contributed by atoms with Crippen molar-refractivity contribution in [2.45, 2.75) is 46.7 Å². The van der Waals surface area contributed by atoms with E-state index in [1.54, 1.807) is 22.2 Å². The molecule has 0 aliphatic heterocycles. The standard InChI is InChI=1S/C13H19N5OS/c1-7(2)18-9(4)12(16-17-18)13(19)15-8(3)11-6-14-10(5)20-11/h6-8H,1-5H3,(H,15,19). The molecule has 1 unspecified atom stereocenters. The first kappa shape index (κ1) is 14.6. The van der Waals surface area contributed by atoms with Gasteiger partial charge in [0.2, 0.25) is 0 Å². The van der Waals surface area contributed by atoms with E-state index in [1.807, 2.05) is 34.6 Å². The summed E-state index contributed by atoms with van der Waals surface area (Å²) >= 11 is 1.58. The van der Waals surface area contributed by atoms with Gasteiger partial charge in [-0.1, -0.05) is 5.21 Å². The summed E-state index contributed by atoms with van der Waals surface area (Å²) in [7, 11) is 0. The molecule has 2 aromatic rings. The monoisotopic (exact) mass is 293 g/mol. The molecule has 0 spiro atoms. The van der Waals surface area contributed by atoms with Crippen LogP contribution in [-0.2, 0) is 0 Å². The van der Waals surface area contributed by atoms with E-state index < -0.39 is 0 Å². The van der Waals surface area contributed by atoms with Crippen LogP contribution >= 0.6 is 11.3 Å².